The minimum atomic E-state index is 0.206. The summed E-state index contributed by atoms with van der Waals surface area (Å²) in [4.78, 5) is 31.0. The summed E-state index contributed by atoms with van der Waals surface area (Å²) in [6.45, 7) is 3.00. The van der Waals surface area contributed by atoms with Gasteiger partial charge in [0, 0.05) is 37.5 Å². The molecule has 0 atom stereocenters. The highest BCUT2D eigenvalue weighted by Gasteiger charge is 2.51. The van der Waals surface area contributed by atoms with Gasteiger partial charge in [0.25, 0.3) is 0 Å². The molecule has 152 valence electrons. The number of carbonyl (C=O) groups is 2. The second kappa shape index (κ2) is 7.47. The normalized spacial score (nSPS) is 34.5. The van der Waals surface area contributed by atoms with Crippen LogP contribution in [-0.2, 0) is 16.0 Å². The van der Waals surface area contributed by atoms with E-state index in [1.54, 1.807) is 11.3 Å². The van der Waals surface area contributed by atoms with Gasteiger partial charge in [0.1, 0.15) is 0 Å². The summed E-state index contributed by atoms with van der Waals surface area (Å²) in [6, 6.07) is 4.03. The molecule has 4 saturated carbocycles. The monoisotopic (exact) mass is 400 g/mol. The molecule has 0 N–H and O–H groups in total. The van der Waals surface area contributed by atoms with Crippen molar-refractivity contribution in [2.75, 3.05) is 26.2 Å². The topological polar surface area (TPSA) is 40.6 Å². The zero-order valence-corrected chi connectivity index (χ0v) is 17.6. The number of nitrogens with zero attached hydrogens (tertiary/aromatic N) is 2. The zero-order chi connectivity index (χ0) is 19.1. The lowest BCUT2D eigenvalue weighted by molar-refractivity contribution is -0.140. The number of hydrogen-bond acceptors (Lipinski definition) is 3. The highest BCUT2D eigenvalue weighted by Crippen LogP contribution is 2.61. The largest absolute Gasteiger partial charge is 0.341 e. The molecule has 1 aromatic rings. The molecule has 1 aliphatic heterocycles. The molecule has 6 rings (SSSR count). The number of carbonyl (C=O) groups excluding carboxylic acids is 2. The van der Waals surface area contributed by atoms with E-state index in [1.807, 2.05) is 22.4 Å². The molecule has 2 amide bonds. The van der Waals surface area contributed by atoms with Crippen LogP contribution in [0.1, 0.15) is 56.2 Å². The molecule has 5 fully saturated rings. The minimum absolute atomic E-state index is 0.206. The van der Waals surface area contributed by atoms with Crippen molar-refractivity contribution in [2.45, 2.75) is 57.8 Å². The molecule has 4 bridgehead atoms. The molecule has 0 radical (unpaired) electrons. The van der Waals surface area contributed by atoms with Crippen LogP contribution in [0, 0.1) is 23.2 Å². The third kappa shape index (κ3) is 3.74. The summed E-state index contributed by atoms with van der Waals surface area (Å²) in [5.41, 5.74) is 0.312. The van der Waals surface area contributed by atoms with Crippen molar-refractivity contribution in [3.05, 3.63) is 22.4 Å². The molecule has 1 aromatic heterocycles. The highest BCUT2D eigenvalue weighted by molar-refractivity contribution is 7.10. The molecule has 4 nitrogen and oxygen atoms in total. The number of thiophene rings is 1. The van der Waals surface area contributed by atoms with Gasteiger partial charge >= 0.3 is 0 Å². The van der Waals surface area contributed by atoms with Crippen molar-refractivity contribution in [1.82, 2.24) is 9.80 Å². The molecular formula is C23H32N2O2S. The zero-order valence-electron chi connectivity index (χ0n) is 16.8. The van der Waals surface area contributed by atoms with Gasteiger partial charge in [0.15, 0.2) is 0 Å². The number of rotatable bonds is 4. The van der Waals surface area contributed by atoms with Crippen LogP contribution in [0.2, 0.25) is 0 Å². The average Bonchev–Trinajstić information content (AvgIpc) is 3.01. The summed E-state index contributed by atoms with van der Waals surface area (Å²) < 4.78 is 0. The van der Waals surface area contributed by atoms with Gasteiger partial charge in [-0.1, -0.05) is 6.07 Å². The maximum Gasteiger partial charge on any atom is 0.227 e. The SMILES string of the molecule is O=C(Cc1cccs1)N1CCCN(C(=O)CC23CC4CC(CC(C4)C2)C3)CC1. The Morgan fingerprint density at radius 3 is 2.11 bits per heavy atom. The van der Waals surface area contributed by atoms with Crippen LogP contribution in [-0.4, -0.2) is 47.8 Å². The first-order chi connectivity index (χ1) is 13.6. The van der Waals surface area contributed by atoms with E-state index in [0.29, 0.717) is 30.8 Å². The predicted molar refractivity (Wildman–Crippen MR) is 111 cm³/mol. The first-order valence-electron chi connectivity index (χ1n) is 11.2. The summed E-state index contributed by atoms with van der Waals surface area (Å²) in [5, 5.41) is 2.02. The molecular weight excluding hydrogens is 368 g/mol. The molecule has 1 saturated heterocycles. The molecule has 0 aromatic carbocycles. The van der Waals surface area contributed by atoms with Crippen molar-refractivity contribution in [2.24, 2.45) is 23.2 Å². The summed E-state index contributed by atoms with van der Waals surface area (Å²) in [7, 11) is 0. The van der Waals surface area contributed by atoms with E-state index in [4.69, 9.17) is 0 Å². The van der Waals surface area contributed by atoms with Crippen LogP contribution in [0.4, 0.5) is 0 Å². The summed E-state index contributed by atoms with van der Waals surface area (Å²) in [5.74, 6) is 3.25. The second-order valence-electron chi connectivity index (χ2n) is 9.97. The maximum absolute atomic E-state index is 13.2. The van der Waals surface area contributed by atoms with Gasteiger partial charge in [-0.2, -0.15) is 0 Å². The van der Waals surface area contributed by atoms with Crippen molar-refractivity contribution in [3.63, 3.8) is 0 Å². The van der Waals surface area contributed by atoms with Crippen LogP contribution < -0.4 is 0 Å². The van der Waals surface area contributed by atoms with Gasteiger partial charge in [0.2, 0.25) is 11.8 Å². The molecule has 4 aliphatic carbocycles. The molecule has 28 heavy (non-hydrogen) atoms. The molecule has 0 unspecified atom stereocenters. The van der Waals surface area contributed by atoms with E-state index in [0.717, 1.165) is 48.6 Å². The fourth-order valence-corrected chi connectivity index (χ4v) is 7.73. The Morgan fingerprint density at radius 2 is 1.54 bits per heavy atom. The van der Waals surface area contributed by atoms with E-state index in [-0.39, 0.29) is 5.91 Å². The number of amides is 2. The quantitative estimate of drug-likeness (QED) is 0.768. The van der Waals surface area contributed by atoms with Crippen LogP contribution in [0.25, 0.3) is 0 Å². The Hall–Kier alpha value is -1.36. The second-order valence-corrected chi connectivity index (χ2v) is 11.0. The fraction of sp³-hybridized carbons (Fsp3) is 0.739. The van der Waals surface area contributed by atoms with E-state index < -0.39 is 0 Å². The van der Waals surface area contributed by atoms with E-state index in [2.05, 4.69) is 4.90 Å². The van der Waals surface area contributed by atoms with E-state index in [9.17, 15) is 9.59 Å². The molecule has 5 aliphatic rings. The number of hydrogen-bond donors (Lipinski definition) is 0. The van der Waals surface area contributed by atoms with Crippen LogP contribution in [0.3, 0.4) is 0 Å². The average molecular weight is 401 g/mol. The van der Waals surface area contributed by atoms with Gasteiger partial charge in [-0.15, -0.1) is 11.3 Å². The minimum Gasteiger partial charge on any atom is -0.341 e. The lowest BCUT2D eigenvalue weighted by Crippen LogP contribution is -2.48. The Balaban J connectivity index is 1.17. The molecule has 0 spiro atoms. The van der Waals surface area contributed by atoms with Gasteiger partial charge in [-0.3, -0.25) is 9.59 Å². The van der Waals surface area contributed by atoms with Crippen molar-refractivity contribution >= 4 is 23.2 Å². The Bertz CT molecular complexity index is 694. The van der Waals surface area contributed by atoms with Gasteiger partial charge in [-0.25, -0.2) is 0 Å². The fourth-order valence-electron chi connectivity index (χ4n) is 7.03. The maximum atomic E-state index is 13.2. The smallest absolute Gasteiger partial charge is 0.227 e. The van der Waals surface area contributed by atoms with Crippen LogP contribution in [0.5, 0.6) is 0 Å². The predicted octanol–water partition coefficient (Wildman–Crippen LogP) is 3.96. The van der Waals surface area contributed by atoms with E-state index in [1.165, 1.54) is 38.5 Å². The van der Waals surface area contributed by atoms with Gasteiger partial charge in [-0.05, 0) is 79.6 Å². The van der Waals surface area contributed by atoms with Gasteiger partial charge < -0.3 is 9.80 Å². The van der Waals surface area contributed by atoms with Crippen LogP contribution in [0.15, 0.2) is 17.5 Å². The third-order valence-corrected chi connectivity index (χ3v) is 8.67. The Kier molecular flexibility index (Phi) is 4.98. The highest BCUT2D eigenvalue weighted by atomic mass is 32.1. The standard InChI is InChI=1S/C23H32N2O2S/c26-21(12-20-3-1-8-28-20)24-4-2-5-25(7-6-24)22(27)16-23-13-17-9-18(14-23)11-19(10-17)15-23/h1,3,8,17-19H,2,4-7,9-16H2. The first-order valence-corrected chi connectivity index (χ1v) is 12.0. The van der Waals surface area contributed by atoms with Crippen molar-refractivity contribution < 1.29 is 9.59 Å². The third-order valence-electron chi connectivity index (χ3n) is 7.80. The Morgan fingerprint density at radius 1 is 0.929 bits per heavy atom. The first kappa shape index (κ1) is 18.7. The van der Waals surface area contributed by atoms with Crippen molar-refractivity contribution in [3.8, 4) is 0 Å². The van der Waals surface area contributed by atoms with E-state index >= 15 is 0 Å². The summed E-state index contributed by atoms with van der Waals surface area (Å²) >= 11 is 1.64. The Labute approximate surface area is 172 Å². The lowest BCUT2D eigenvalue weighted by atomic mass is 9.49. The van der Waals surface area contributed by atoms with Crippen LogP contribution >= 0.6 is 11.3 Å². The van der Waals surface area contributed by atoms with Crippen molar-refractivity contribution in [1.29, 1.82) is 0 Å². The molecule has 2 heterocycles. The molecule has 5 heteroatoms. The van der Waals surface area contributed by atoms with Gasteiger partial charge in [0.05, 0.1) is 6.42 Å². The summed E-state index contributed by atoms with van der Waals surface area (Å²) in [6.07, 6.45) is 10.3. The lowest BCUT2D eigenvalue weighted by Gasteiger charge is -2.57.